The summed E-state index contributed by atoms with van der Waals surface area (Å²) < 4.78 is 0. The molecule has 3 heteroatoms. The third-order valence-electron chi connectivity index (χ3n) is 3.13. The van der Waals surface area contributed by atoms with Crippen LogP contribution in [-0.2, 0) is 10.5 Å². The summed E-state index contributed by atoms with van der Waals surface area (Å²) >= 11 is 1.64. The molecule has 0 saturated heterocycles. The fourth-order valence-corrected chi connectivity index (χ4v) is 2.98. The van der Waals surface area contributed by atoms with Gasteiger partial charge in [0.2, 0.25) is 5.91 Å². The van der Waals surface area contributed by atoms with E-state index in [1.165, 1.54) is 11.1 Å². The first-order chi connectivity index (χ1) is 10.0. The number of nitrogens with one attached hydrogen (secondary N) is 1. The van der Waals surface area contributed by atoms with Crippen LogP contribution in [0.5, 0.6) is 0 Å². The number of benzene rings is 2. The van der Waals surface area contributed by atoms with E-state index >= 15 is 0 Å². The van der Waals surface area contributed by atoms with Crippen molar-refractivity contribution < 1.29 is 4.79 Å². The Hall–Kier alpha value is -1.74. The second-order valence-corrected chi connectivity index (χ2v) is 6.39. The Morgan fingerprint density at radius 1 is 0.952 bits per heavy atom. The summed E-state index contributed by atoms with van der Waals surface area (Å²) in [4.78, 5) is 11.9. The highest BCUT2D eigenvalue weighted by molar-refractivity contribution is 7.99. The lowest BCUT2D eigenvalue weighted by Crippen LogP contribution is -2.14. The number of thioether (sulfide) groups is 1. The summed E-state index contributed by atoms with van der Waals surface area (Å²) in [7, 11) is 0. The zero-order valence-electron chi connectivity index (χ0n) is 12.8. The fourth-order valence-electron chi connectivity index (χ4n) is 2.19. The van der Waals surface area contributed by atoms with Crippen molar-refractivity contribution in [2.75, 3.05) is 11.1 Å². The van der Waals surface area contributed by atoms with Crippen molar-refractivity contribution in [1.82, 2.24) is 0 Å². The van der Waals surface area contributed by atoms with Crippen molar-refractivity contribution in [3.05, 3.63) is 64.7 Å². The van der Waals surface area contributed by atoms with Gasteiger partial charge in [-0.05, 0) is 49.6 Å². The van der Waals surface area contributed by atoms with Gasteiger partial charge in [0, 0.05) is 11.4 Å². The molecule has 1 amide bonds. The summed E-state index contributed by atoms with van der Waals surface area (Å²) in [6.07, 6.45) is 0. The number of hydrogen-bond acceptors (Lipinski definition) is 2. The van der Waals surface area contributed by atoms with Crippen LogP contribution in [0.1, 0.15) is 22.3 Å². The molecule has 2 aromatic carbocycles. The van der Waals surface area contributed by atoms with E-state index < -0.39 is 0 Å². The number of rotatable bonds is 5. The van der Waals surface area contributed by atoms with Crippen LogP contribution in [0.3, 0.4) is 0 Å². The van der Waals surface area contributed by atoms with E-state index in [4.69, 9.17) is 0 Å². The smallest absolute Gasteiger partial charge is 0.234 e. The van der Waals surface area contributed by atoms with Crippen molar-refractivity contribution in [2.45, 2.75) is 26.5 Å². The van der Waals surface area contributed by atoms with Gasteiger partial charge in [0.05, 0.1) is 5.75 Å². The highest BCUT2D eigenvalue weighted by Crippen LogP contribution is 2.16. The van der Waals surface area contributed by atoms with Crippen LogP contribution in [0.15, 0.2) is 42.5 Å². The second kappa shape index (κ2) is 7.32. The highest BCUT2D eigenvalue weighted by atomic mass is 32.2. The van der Waals surface area contributed by atoms with Gasteiger partial charge in [0.15, 0.2) is 0 Å². The number of anilines is 1. The van der Waals surface area contributed by atoms with Crippen LogP contribution in [0.4, 0.5) is 5.69 Å². The lowest BCUT2D eigenvalue weighted by Gasteiger charge is -2.07. The lowest BCUT2D eigenvalue weighted by atomic mass is 10.1. The molecule has 21 heavy (non-hydrogen) atoms. The highest BCUT2D eigenvalue weighted by Gasteiger charge is 2.04. The van der Waals surface area contributed by atoms with Crippen LogP contribution in [0, 0.1) is 20.8 Å². The van der Waals surface area contributed by atoms with E-state index in [0.717, 1.165) is 22.6 Å². The molecule has 110 valence electrons. The van der Waals surface area contributed by atoms with Gasteiger partial charge in [-0.2, -0.15) is 0 Å². The van der Waals surface area contributed by atoms with E-state index in [2.05, 4.69) is 42.6 Å². The van der Waals surface area contributed by atoms with Crippen LogP contribution < -0.4 is 5.32 Å². The van der Waals surface area contributed by atoms with Crippen LogP contribution in [-0.4, -0.2) is 11.7 Å². The van der Waals surface area contributed by atoms with Gasteiger partial charge >= 0.3 is 0 Å². The Kier molecular flexibility index (Phi) is 5.45. The van der Waals surface area contributed by atoms with E-state index in [9.17, 15) is 4.79 Å². The first kappa shape index (κ1) is 15.6. The minimum absolute atomic E-state index is 0.0529. The molecule has 2 rings (SSSR count). The molecule has 0 aliphatic carbocycles. The van der Waals surface area contributed by atoms with Gasteiger partial charge in [-0.25, -0.2) is 0 Å². The van der Waals surface area contributed by atoms with E-state index in [0.29, 0.717) is 5.75 Å². The van der Waals surface area contributed by atoms with Gasteiger partial charge in [-0.1, -0.05) is 35.9 Å². The lowest BCUT2D eigenvalue weighted by molar-refractivity contribution is -0.113. The van der Waals surface area contributed by atoms with Gasteiger partial charge in [0.1, 0.15) is 0 Å². The summed E-state index contributed by atoms with van der Waals surface area (Å²) in [6.45, 7) is 6.15. The molecule has 0 aromatic heterocycles. The molecule has 0 fully saturated rings. The summed E-state index contributed by atoms with van der Waals surface area (Å²) in [5, 5.41) is 2.96. The van der Waals surface area contributed by atoms with Crippen LogP contribution in [0.2, 0.25) is 0 Å². The van der Waals surface area contributed by atoms with E-state index in [1.54, 1.807) is 11.8 Å². The van der Waals surface area contributed by atoms with Crippen molar-refractivity contribution in [1.29, 1.82) is 0 Å². The van der Waals surface area contributed by atoms with Gasteiger partial charge in [-0.15, -0.1) is 11.8 Å². The van der Waals surface area contributed by atoms with Gasteiger partial charge in [0.25, 0.3) is 0 Å². The molecule has 0 atom stereocenters. The Labute approximate surface area is 131 Å². The molecule has 0 spiro atoms. The summed E-state index contributed by atoms with van der Waals surface area (Å²) in [5.74, 6) is 1.39. The van der Waals surface area contributed by atoms with Crippen molar-refractivity contribution >= 4 is 23.4 Å². The van der Waals surface area contributed by atoms with E-state index in [1.807, 2.05) is 26.0 Å². The number of aryl methyl sites for hydroxylation is 3. The van der Waals surface area contributed by atoms with Crippen molar-refractivity contribution in [3.8, 4) is 0 Å². The average molecular weight is 299 g/mol. The SMILES string of the molecule is Cc1ccc(CSCC(=O)Nc2cc(C)cc(C)c2)cc1. The zero-order valence-corrected chi connectivity index (χ0v) is 13.6. The standard InChI is InChI=1S/C18H21NOS/c1-13-4-6-16(7-5-13)11-21-12-18(20)19-17-9-14(2)8-15(3)10-17/h4-10H,11-12H2,1-3H3,(H,19,20). The summed E-state index contributed by atoms with van der Waals surface area (Å²) in [6, 6.07) is 14.5. The molecule has 0 radical (unpaired) electrons. The Morgan fingerprint density at radius 3 is 2.19 bits per heavy atom. The van der Waals surface area contributed by atoms with Crippen molar-refractivity contribution in [2.24, 2.45) is 0 Å². The molecule has 0 unspecified atom stereocenters. The average Bonchev–Trinajstić information content (AvgIpc) is 2.39. The van der Waals surface area contributed by atoms with Crippen LogP contribution in [0.25, 0.3) is 0 Å². The zero-order chi connectivity index (χ0) is 15.2. The Balaban J connectivity index is 1.80. The number of carbonyl (C=O) groups is 1. The number of hydrogen-bond donors (Lipinski definition) is 1. The maximum Gasteiger partial charge on any atom is 0.234 e. The van der Waals surface area contributed by atoms with Gasteiger partial charge in [-0.3, -0.25) is 4.79 Å². The topological polar surface area (TPSA) is 29.1 Å². The molecule has 0 saturated carbocycles. The fraction of sp³-hybridized carbons (Fsp3) is 0.278. The number of amides is 1. The molecule has 1 N–H and O–H groups in total. The molecule has 0 aliphatic heterocycles. The first-order valence-corrected chi connectivity index (χ1v) is 8.20. The molecule has 0 heterocycles. The van der Waals surface area contributed by atoms with Gasteiger partial charge < -0.3 is 5.32 Å². The maximum atomic E-state index is 11.9. The predicted octanol–water partition coefficient (Wildman–Crippen LogP) is 4.48. The Bertz CT molecular complexity index is 599. The summed E-state index contributed by atoms with van der Waals surface area (Å²) in [5.41, 5.74) is 5.73. The second-order valence-electron chi connectivity index (χ2n) is 5.40. The Morgan fingerprint density at radius 2 is 1.57 bits per heavy atom. The van der Waals surface area contributed by atoms with E-state index in [-0.39, 0.29) is 5.91 Å². The molecule has 2 nitrogen and oxygen atoms in total. The third-order valence-corrected chi connectivity index (χ3v) is 4.13. The third kappa shape index (κ3) is 5.27. The molecule has 0 aliphatic rings. The molecule has 2 aromatic rings. The monoisotopic (exact) mass is 299 g/mol. The van der Waals surface area contributed by atoms with Crippen molar-refractivity contribution in [3.63, 3.8) is 0 Å². The quantitative estimate of drug-likeness (QED) is 0.881. The normalized spacial score (nSPS) is 10.4. The molecular formula is C18H21NOS. The molecule has 0 bridgehead atoms. The maximum absolute atomic E-state index is 11.9. The largest absolute Gasteiger partial charge is 0.325 e. The minimum atomic E-state index is 0.0529. The predicted molar refractivity (Wildman–Crippen MR) is 91.9 cm³/mol. The minimum Gasteiger partial charge on any atom is -0.325 e. The number of carbonyl (C=O) groups excluding carboxylic acids is 1. The first-order valence-electron chi connectivity index (χ1n) is 7.04. The van der Waals surface area contributed by atoms with Crippen LogP contribution >= 0.6 is 11.8 Å². The molecular weight excluding hydrogens is 278 g/mol.